The molecule has 22 heavy (non-hydrogen) atoms. The molecule has 7 heteroatoms. The summed E-state index contributed by atoms with van der Waals surface area (Å²) in [6.07, 6.45) is 3.58. The van der Waals surface area contributed by atoms with Gasteiger partial charge in [0.05, 0.1) is 24.6 Å². The third-order valence-corrected chi connectivity index (χ3v) is 3.87. The molecule has 0 radical (unpaired) electrons. The number of rotatable bonds is 2. The normalized spacial score (nSPS) is 14.5. The molecule has 3 aromatic rings. The van der Waals surface area contributed by atoms with E-state index in [0.717, 1.165) is 27.8 Å². The number of fused-ring (bicyclic) bond motifs is 1. The van der Waals surface area contributed by atoms with E-state index >= 15 is 0 Å². The Morgan fingerprint density at radius 3 is 2.45 bits per heavy atom. The molecule has 0 atom stereocenters. The maximum Gasteiger partial charge on any atom is 0.146 e. The zero-order valence-corrected chi connectivity index (χ0v) is 12.8. The Labute approximate surface area is 138 Å². The monoisotopic (exact) mass is 337 g/mol. The second-order valence-electron chi connectivity index (χ2n) is 5.22. The molecule has 0 amide bonds. The van der Waals surface area contributed by atoms with Gasteiger partial charge in [0.15, 0.2) is 0 Å². The van der Waals surface area contributed by atoms with E-state index < -0.39 is 0 Å². The molecule has 1 aliphatic heterocycles. The van der Waals surface area contributed by atoms with Crippen molar-refractivity contribution in [2.24, 2.45) is 0 Å². The number of hydrogen-bond donors (Lipinski definition) is 2. The molecule has 0 bridgehead atoms. The molecule has 0 spiro atoms. The van der Waals surface area contributed by atoms with Crippen LogP contribution in [0.4, 0.5) is 11.5 Å². The van der Waals surface area contributed by atoms with Gasteiger partial charge >= 0.3 is 0 Å². The molecule has 4 rings (SSSR count). The third-order valence-electron chi connectivity index (χ3n) is 3.87. The minimum atomic E-state index is 0. The first-order valence-corrected chi connectivity index (χ1v) is 6.78. The molecule has 1 aromatic carbocycles. The van der Waals surface area contributed by atoms with Gasteiger partial charge in [-0.25, -0.2) is 9.97 Å². The van der Waals surface area contributed by atoms with Crippen LogP contribution in [0.1, 0.15) is 6.04 Å². The Hall–Kier alpha value is -2.08. The van der Waals surface area contributed by atoms with Crippen LogP contribution in [0.3, 0.4) is 0 Å². The van der Waals surface area contributed by atoms with E-state index in [-0.39, 0.29) is 17.1 Å². The van der Waals surface area contributed by atoms with E-state index in [1.54, 1.807) is 0 Å². The minimum absolute atomic E-state index is 0. The number of aromatic nitrogens is 3. The Balaban J connectivity index is 0.00000144. The Kier molecular flexibility index (Phi) is 3.78. The Bertz CT molecular complexity index is 811. The summed E-state index contributed by atoms with van der Waals surface area (Å²) in [6.45, 7) is 1.41. The average Bonchev–Trinajstić information content (AvgIpc) is 2.79. The van der Waals surface area contributed by atoms with Crippen molar-refractivity contribution in [3.63, 3.8) is 0 Å². The van der Waals surface area contributed by atoms with Gasteiger partial charge in [-0.15, -0.1) is 0 Å². The first-order valence-electron chi connectivity index (χ1n) is 6.78. The second kappa shape index (κ2) is 5.61. The van der Waals surface area contributed by atoms with E-state index in [0.29, 0.717) is 25.1 Å². The molecule has 2 aromatic heterocycles. The van der Waals surface area contributed by atoms with Crippen molar-refractivity contribution in [2.75, 3.05) is 24.7 Å². The third kappa shape index (κ3) is 2.23. The van der Waals surface area contributed by atoms with Crippen LogP contribution in [0.25, 0.3) is 22.2 Å². The number of nitrogen functional groups attached to an aromatic ring is 2. The van der Waals surface area contributed by atoms with Crippen LogP contribution in [0.15, 0.2) is 36.8 Å². The van der Waals surface area contributed by atoms with E-state index in [4.69, 9.17) is 16.2 Å². The molecule has 0 unspecified atom stereocenters. The summed E-state index contributed by atoms with van der Waals surface area (Å²) in [7, 11) is 0. The van der Waals surface area contributed by atoms with E-state index in [1.165, 1.54) is 6.33 Å². The van der Waals surface area contributed by atoms with Crippen LogP contribution in [0.5, 0.6) is 0 Å². The molecule has 3 heterocycles. The summed E-state index contributed by atoms with van der Waals surface area (Å²) in [5, 5.41) is 0.883. The molecule has 1 fully saturated rings. The maximum atomic E-state index is 6.08. The molecule has 1 saturated heterocycles. The molecular weight excluding hydrogens is 322 g/mol. The standard InChI is InChI=1S/C15H15N5O.Fe/c16-10-3-1-9(2-4-10)12-5-20(11-6-21-7-11)15-13(12)14(17)18-8-19-15;/h1-5,8,11H,6-7,16H2,(H2,17,18,19);. The number of nitrogens with zero attached hydrogens (tertiary/aromatic N) is 3. The zero-order valence-electron chi connectivity index (χ0n) is 11.7. The average molecular weight is 337 g/mol. The topological polar surface area (TPSA) is 92.0 Å². The molecule has 4 N–H and O–H groups in total. The van der Waals surface area contributed by atoms with Crippen LogP contribution >= 0.6 is 0 Å². The van der Waals surface area contributed by atoms with Crippen LogP contribution in [-0.4, -0.2) is 27.7 Å². The quantitative estimate of drug-likeness (QED) is 0.550. The van der Waals surface area contributed by atoms with Gasteiger partial charge < -0.3 is 20.8 Å². The van der Waals surface area contributed by atoms with Gasteiger partial charge in [0.1, 0.15) is 17.8 Å². The van der Waals surface area contributed by atoms with Crippen molar-refractivity contribution in [1.29, 1.82) is 0 Å². The summed E-state index contributed by atoms with van der Waals surface area (Å²) in [4.78, 5) is 8.53. The van der Waals surface area contributed by atoms with Gasteiger partial charge in [0.25, 0.3) is 0 Å². The summed E-state index contributed by atoms with van der Waals surface area (Å²) < 4.78 is 7.41. The van der Waals surface area contributed by atoms with Crippen LogP contribution in [-0.2, 0) is 21.8 Å². The van der Waals surface area contributed by atoms with Crippen molar-refractivity contribution in [3.8, 4) is 11.1 Å². The van der Waals surface area contributed by atoms with E-state index in [9.17, 15) is 0 Å². The van der Waals surface area contributed by atoms with Crippen molar-refractivity contribution < 1.29 is 21.8 Å². The summed E-state index contributed by atoms with van der Waals surface area (Å²) in [5.74, 6) is 0.491. The molecule has 0 saturated carbocycles. The summed E-state index contributed by atoms with van der Waals surface area (Å²) in [5.41, 5.74) is 15.5. The van der Waals surface area contributed by atoms with Gasteiger partial charge in [0, 0.05) is 34.5 Å². The fourth-order valence-electron chi connectivity index (χ4n) is 2.65. The summed E-state index contributed by atoms with van der Waals surface area (Å²) in [6, 6.07) is 8.04. The first kappa shape index (κ1) is 14.8. The second-order valence-corrected chi connectivity index (χ2v) is 5.22. The van der Waals surface area contributed by atoms with Gasteiger partial charge in [0.2, 0.25) is 0 Å². The Morgan fingerprint density at radius 2 is 1.82 bits per heavy atom. The number of benzene rings is 1. The fourth-order valence-corrected chi connectivity index (χ4v) is 2.65. The van der Waals surface area contributed by atoms with Gasteiger partial charge in [-0.1, -0.05) is 12.1 Å². The van der Waals surface area contributed by atoms with E-state index in [2.05, 4.69) is 20.7 Å². The SMILES string of the molecule is Nc1ccc(-c2cn(C3COC3)c3ncnc(N)c23)cc1.[Fe]. The van der Waals surface area contributed by atoms with Gasteiger partial charge in [-0.05, 0) is 17.7 Å². The van der Waals surface area contributed by atoms with Crippen molar-refractivity contribution >= 4 is 22.5 Å². The molecule has 0 aliphatic carbocycles. The van der Waals surface area contributed by atoms with Gasteiger partial charge in [-0.3, -0.25) is 0 Å². The number of anilines is 2. The largest absolute Gasteiger partial charge is 0.399 e. The van der Waals surface area contributed by atoms with E-state index in [1.807, 2.05) is 24.3 Å². The molecule has 6 nitrogen and oxygen atoms in total. The molecule has 114 valence electrons. The van der Waals surface area contributed by atoms with Crippen molar-refractivity contribution in [3.05, 3.63) is 36.8 Å². The van der Waals surface area contributed by atoms with Crippen LogP contribution in [0, 0.1) is 0 Å². The Morgan fingerprint density at radius 1 is 1.09 bits per heavy atom. The maximum absolute atomic E-state index is 6.08. The van der Waals surface area contributed by atoms with Crippen LogP contribution < -0.4 is 11.5 Å². The van der Waals surface area contributed by atoms with Crippen molar-refractivity contribution in [2.45, 2.75) is 6.04 Å². The van der Waals surface area contributed by atoms with Gasteiger partial charge in [-0.2, -0.15) is 0 Å². The number of ether oxygens (including phenoxy) is 1. The summed E-state index contributed by atoms with van der Waals surface area (Å²) >= 11 is 0. The predicted octanol–water partition coefficient (Wildman–Crippen LogP) is 1.83. The van der Waals surface area contributed by atoms with Crippen LogP contribution in [0.2, 0.25) is 0 Å². The number of hydrogen-bond acceptors (Lipinski definition) is 5. The van der Waals surface area contributed by atoms with Crippen molar-refractivity contribution in [1.82, 2.24) is 14.5 Å². The molecular formula is C15H15FeN5O. The smallest absolute Gasteiger partial charge is 0.146 e. The zero-order chi connectivity index (χ0) is 14.4. The minimum Gasteiger partial charge on any atom is -0.399 e. The fraction of sp³-hybridized carbons (Fsp3) is 0.200. The molecule has 1 aliphatic rings. The predicted molar refractivity (Wildman–Crippen MR) is 81.6 cm³/mol. The first-order chi connectivity index (χ1) is 10.2. The number of nitrogens with two attached hydrogens (primary N) is 2.